The smallest absolute Gasteiger partial charge is 0.270 e. The van der Waals surface area contributed by atoms with Crippen LogP contribution < -0.4 is 29.3 Å². The van der Waals surface area contributed by atoms with Crippen LogP contribution in [0.15, 0.2) is 109 Å². The second-order valence-corrected chi connectivity index (χ2v) is 9.61. The number of amides is 3. The summed E-state index contributed by atoms with van der Waals surface area (Å²) in [5.41, 5.74) is 2.00. The molecule has 1 heterocycles. The van der Waals surface area contributed by atoms with Crippen LogP contribution in [-0.2, 0) is 14.4 Å². The summed E-state index contributed by atoms with van der Waals surface area (Å²) in [6.45, 7) is -0.290. The molecule has 0 atom stereocenters. The first-order valence-corrected chi connectivity index (χ1v) is 13.6. The molecule has 3 amide bonds. The molecule has 0 saturated carbocycles. The Morgan fingerprint density at radius 3 is 1.88 bits per heavy atom. The Morgan fingerprint density at radius 1 is 0.744 bits per heavy atom. The van der Waals surface area contributed by atoms with Gasteiger partial charge in [0.1, 0.15) is 11.3 Å². The van der Waals surface area contributed by atoms with E-state index in [9.17, 15) is 14.4 Å². The highest BCUT2D eigenvalue weighted by Gasteiger charge is 2.41. The van der Waals surface area contributed by atoms with E-state index in [4.69, 9.17) is 26.4 Å². The summed E-state index contributed by atoms with van der Waals surface area (Å²) < 4.78 is 16.5. The monoisotopic (exact) mass is 593 g/mol. The lowest BCUT2D eigenvalue weighted by atomic mass is 10.0. The van der Waals surface area contributed by atoms with Crippen LogP contribution in [0.2, 0.25) is 0 Å². The lowest BCUT2D eigenvalue weighted by Gasteiger charge is -2.36. The molecule has 4 aromatic carbocycles. The number of carbonyl (C=O) groups is 3. The minimum atomic E-state index is -0.555. The van der Waals surface area contributed by atoms with E-state index >= 15 is 0 Å². The number of anilines is 3. The molecule has 1 saturated heterocycles. The standard InChI is InChI=1S/C33H27N3O6S/c1-40-27-16-10-9-15-26(27)34-30(37)21-42-28-18-17-22(20-29(28)41-2)19-25-31(38)35(23-11-5-3-6-12-23)33(43)36(32(25)39)24-13-7-4-8-14-24/h3-20H,21H2,1-2H3,(H,34,37). The number of para-hydroxylation sites is 4. The van der Waals surface area contributed by atoms with Crippen molar-refractivity contribution in [1.82, 2.24) is 0 Å². The third kappa shape index (κ3) is 6.24. The molecular formula is C33H27N3O6S. The number of methoxy groups -OCH3 is 2. The van der Waals surface area contributed by atoms with E-state index in [1.165, 1.54) is 30.1 Å². The van der Waals surface area contributed by atoms with E-state index in [1.807, 2.05) is 12.1 Å². The van der Waals surface area contributed by atoms with Gasteiger partial charge >= 0.3 is 0 Å². The van der Waals surface area contributed by atoms with Crippen molar-refractivity contribution in [1.29, 1.82) is 0 Å². The van der Waals surface area contributed by atoms with Crippen LogP contribution in [0.25, 0.3) is 6.08 Å². The number of rotatable bonds is 9. The normalized spacial score (nSPS) is 13.1. The zero-order valence-corrected chi connectivity index (χ0v) is 24.2. The lowest BCUT2D eigenvalue weighted by molar-refractivity contribution is -0.121. The van der Waals surface area contributed by atoms with E-state index in [1.54, 1.807) is 91.0 Å². The summed E-state index contributed by atoms with van der Waals surface area (Å²) in [6.07, 6.45) is 1.49. The molecule has 1 fully saturated rings. The zero-order chi connectivity index (χ0) is 30.3. The predicted octanol–water partition coefficient (Wildman–Crippen LogP) is 5.47. The van der Waals surface area contributed by atoms with Crippen LogP contribution in [0.3, 0.4) is 0 Å². The Hall–Kier alpha value is -5.48. The summed E-state index contributed by atoms with van der Waals surface area (Å²) in [5, 5.41) is 2.80. The number of ether oxygens (including phenoxy) is 3. The van der Waals surface area contributed by atoms with Crippen molar-refractivity contribution in [2.24, 2.45) is 0 Å². The van der Waals surface area contributed by atoms with Crippen molar-refractivity contribution in [3.05, 3.63) is 114 Å². The maximum absolute atomic E-state index is 13.7. The van der Waals surface area contributed by atoms with Gasteiger partial charge < -0.3 is 19.5 Å². The topological polar surface area (TPSA) is 97.4 Å². The van der Waals surface area contributed by atoms with E-state index in [0.29, 0.717) is 39.9 Å². The molecule has 9 nitrogen and oxygen atoms in total. The molecule has 10 heteroatoms. The Bertz CT molecular complexity index is 1650. The van der Waals surface area contributed by atoms with Crippen molar-refractivity contribution < 1.29 is 28.6 Å². The summed E-state index contributed by atoms with van der Waals surface area (Å²) >= 11 is 5.65. The SMILES string of the molecule is COc1ccccc1NC(=O)COc1ccc(C=C2C(=O)N(c3ccccc3)C(=S)N(c3ccccc3)C2=O)cc1OC. The second-order valence-electron chi connectivity index (χ2n) is 9.24. The van der Waals surface area contributed by atoms with Gasteiger partial charge in [0.15, 0.2) is 23.2 Å². The van der Waals surface area contributed by atoms with Crippen molar-refractivity contribution in [2.75, 3.05) is 35.9 Å². The molecule has 0 spiro atoms. The molecule has 4 aromatic rings. The molecule has 1 N–H and O–H groups in total. The number of benzene rings is 4. The van der Waals surface area contributed by atoms with Gasteiger partial charge in [0, 0.05) is 0 Å². The Kier molecular flexibility index (Phi) is 8.78. The Labute approximate surface area is 253 Å². The van der Waals surface area contributed by atoms with Gasteiger partial charge in [-0.1, -0.05) is 54.6 Å². The number of hydrogen-bond acceptors (Lipinski definition) is 7. The van der Waals surface area contributed by atoms with Crippen molar-refractivity contribution in [2.45, 2.75) is 0 Å². The minimum Gasteiger partial charge on any atom is -0.495 e. The first-order valence-electron chi connectivity index (χ1n) is 13.2. The van der Waals surface area contributed by atoms with Crippen molar-refractivity contribution >= 4 is 58.2 Å². The molecule has 1 aliphatic rings. The van der Waals surface area contributed by atoms with E-state index in [2.05, 4.69) is 5.32 Å². The molecule has 0 aromatic heterocycles. The van der Waals surface area contributed by atoms with Gasteiger partial charge in [-0.3, -0.25) is 24.2 Å². The highest BCUT2D eigenvalue weighted by molar-refractivity contribution is 7.81. The molecule has 43 heavy (non-hydrogen) atoms. The first-order chi connectivity index (χ1) is 20.9. The summed E-state index contributed by atoms with van der Waals surface area (Å²) in [5.74, 6) is -0.366. The number of nitrogens with zero attached hydrogens (tertiary/aromatic N) is 2. The van der Waals surface area contributed by atoms with Crippen LogP contribution in [0.4, 0.5) is 17.1 Å². The Balaban J connectivity index is 1.42. The fourth-order valence-electron chi connectivity index (χ4n) is 4.48. The summed E-state index contributed by atoms with van der Waals surface area (Å²) in [4.78, 5) is 42.7. The fraction of sp³-hybridized carbons (Fsp3) is 0.0909. The molecule has 0 radical (unpaired) electrons. The molecule has 0 aliphatic carbocycles. The summed E-state index contributed by atoms with van der Waals surface area (Å²) in [6, 6.07) is 29.7. The maximum Gasteiger partial charge on any atom is 0.270 e. The fourth-order valence-corrected chi connectivity index (χ4v) is 4.85. The lowest BCUT2D eigenvalue weighted by Crippen LogP contribution is -2.56. The maximum atomic E-state index is 13.7. The van der Waals surface area contributed by atoms with Gasteiger partial charge in [-0.2, -0.15) is 0 Å². The molecule has 0 unspecified atom stereocenters. The summed E-state index contributed by atoms with van der Waals surface area (Å²) in [7, 11) is 2.97. The average molecular weight is 594 g/mol. The highest BCUT2D eigenvalue weighted by Crippen LogP contribution is 2.32. The largest absolute Gasteiger partial charge is 0.495 e. The first kappa shape index (κ1) is 29.0. The number of nitrogens with one attached hydrogen (secondary N) is 1. The minimum absolute atomic E-state index is 0.0530. The van der Waals surface area contributed by atoms with Gasteiger partial charge in [-0.05, 0) is 72.4 Å². The van der Waals surface area contributed by atoms with Crippen LogP contribution in [0.5, 0.6) is 17.2 Å². The van der Waals surface area contributed by atoms with Crippen LogP contribution in [0.1, 0.15) is 5.56 Å². The van der Waals surface area contributed by atoms with Gasteiger partial charge in [-0.15, -0.1) is 0 Å². The van der Waals surface area contributed by atoms with Gasteiger partial charge in [0.25, 0.3) is 17.7 Å². The number of hydrogen-bond donors (Lipinski definition) is 1. The predicted molar refractivity (Wildman–Crippen MR) is 169 cm³/mol. The third-order valence-electron chi connectivity index (χ3n) is 6.52. The van der Waals surface area contributed by atoms with Crippen molar-refractivity contribution in [3.63, 3.8) is 0 Å². The van der Waals surface area contributed by atoms with E-state index in [0.717, 1.165) is 0 Å². The zero-order valence-electron chi connectivity index (χ0n) is 23.4. The molecule has 0 bridgehead atoms. The highest BCUT2D eigenvalue weighted by atomic mass is 32.1. The van der Waals surface area contributed by atoms with Gasteiger partial charge in [0.05, 0.1) is 31.3 Å². The number of carbonyl (C=O) groups excluding carboxylic acids is 3. The number of thiocarbonyl (C=S) groups is 1. The quantitative estimate of drug-likeness (QED) is 0.156. The molecule has 216 valence electrons. The third-order valence-corrected chi connectivity index (χ3v) is 6.88. The van der Waals surface area contributed by atoms with Crippen LogP contribution >= 0.6 is 12.2 Å². The molecular weight excluding hydrogens is 566 g/mol. The van der Waals surface area contributed by atoms with Crippen LogP contribution in [0, 0.1) is 0 Å². The average Bonchev–Trinajstić information content (AvgIpc) is 3.03. The van der Waals surface area contributed by atoms with Crippen molar-refractivity contribution in [3.8, 4) is 17.2 Å². The van der Waals surface area contributed by atoms with E-state index < -0.39 is 17.7 Å². The van der Waals surface area contributed by atoms with E-state index in [-0.39, 0.29) is 17.3 Å². The van der Waals surface area contributed by atoms with Gasteiger partial charge in [0.2, 0.25) is 0 Å². The molecule has 5 rings (SSSR count). The van der Waals surface area contributed by atoms with Crippen LogP contribution in [-0.4, -0.2) is 43.7 Å². The van der Waals surface area contributed by atoms with Gasteiger partial charge in [-0.25, -0.2) is 0 Å². The molecule has 1 aliphatic heterocycles. The Morgan fingerprint density at radius 2 is 1.30 bits per heavy atom. The second kappa shape index (κ2) is 13.0.